The summed E-state index contributed by atoms with van der Waals surface area (Å²) >= 11 is 0. The number of nitrogens with one attached hydrogen (secondary N) is 1. The van der Waals surface area contributed by atoms with E-state index in [4.69, 9.17) is 0 Å². The zero-order valence-electron chi connectivity index (χ0n) is 12.8. The monoisotopic (exact) mass is 271 g/mol. The fourth-order valence-electron chi connectivity index (χ4n) is 2.64. The number of hydrogen-bond donors (Lipinski definition) is 1. The largest absolute Gasteiger partial charge is 0.316 e. The van der Waals surface area contributed by atoms with Gasteiger partial charge in [0, 0.05) is 24.7 Å². The van der Waals surface area contributed by atoms with E-state index in [9.17, 15) is 0 Å². The van der Waals surface area contributed by atoms with E-state index < -0.39 is 0 Å². The zero-order valence-corrected chi connectivity index (χ0v) is 12.8. The molecule has 0 aliphatic rings. The molecule has 20 heavy (non-hydrogen) atoms. The van der Waals surface area contributed by atoms with Crippen molar-refractivity contribution in [3.8, 4) is 0 Å². The first-order valence-corrected chi connectivity index (χ1v) is 7.53. The Bertz CT molecular complexity index is 516. The summed E-state index contributed by atoms with van der Waals surface area (Å²) in [5.74, 6) is 0.498. The van der Waals surface area contributed by atoms with Crippen LogP contribution in [0.1, 0.15) is 36.7 Å². The Kier molecular flexibility index (Phi) is 5.36. The SMILES string of the molecule is CCNCC(Cc1cc(C)nn1CC)c1ccccc1. The summed E-state index contributed by atoms with van der Waals surface area (Å²) in [6, 6.07) is 13.0. The van der Waals surface area contributed by atoms with Crippen molar-refractivity contribution in [3.63, 3.8) is 0 Å². The molecule has 1 atom stereocenters. The molecule has 0 aliphatic carbocycles. The van der Waals surface area contributed by atoms with Crippen LogP contribution in [0, 0.1) is 6.92 Å². The molecule has 0 saturated carbocycles. The topological polar surface area (TPSA) is 29.9 Å². The van der Waals surface area contributed by atoms with E-state index in [0.717, 1.165) is 31.7 Å². The second-order valence-electron chi connectivity index (χ2n) is 5.21. The van der Waals surface area contributed by atoms with Crippen molar-refractivity contribution in [1.29, 1.82) is 0 Å². The number of likely N-dealkylation sites (N-methyl/N-ethyl adjacent to an activating group) is 1. The van der Waals surface area contributed by atoms with Gasteiger partial charge in [-0.1, -0.05) is 37.3 Å². The molecule has 3 heteroatoms. The smallest absolute Gasteiger partial charge is 0.0596 e. The number of aromatic nitrogens is 2. The van der Waals surface area contributed by atoms with Gasteiger partial charge in [0.05, 0.1) is 5.69 Å². The standard InChI is InChI=1S/C17H25N3/c1-4-18-13-16(15-9-7-6-8-10-15)12-17-11-14(3)19-20(17)5-2/h6-11,16,18H,4-5,12-13H2,1-3H3. The highest BCUT2D eigenvalue weighted by Gasteiger charge is 2.15. The maximum Gasteiger partial charge on any atom is 0.0596 e. The van der Waals surface area contributed by atoms with E-state index in [1.807, 2.05) is 0 Å². The molecule has 0 amide bonds. The fourth-order valence-corrected chi connectivity index (χ4v) is 2.64. The molecule has 1 aromatic carbocycles. The van der Waals surface area contributed by atoms with Gasteiger partial charge in [0.1, 0.15) is 0 Å². The molecule has 3 nitrogen and oxygen atoms in total. The van der Waals surface area contributed by atoms with Crippen molar-refractivity contribution in [2.24, 2.45) is 0 Å². The van der Waals surface area contributed by atoms with Gasteiger partial charge in [-0.2, -0.15) is 5.10 Å². The van der Waals surface area contributed by atoms with E-state index >= 15 is 0 Å². The lowest BCUT2D eigenvalue weighted by atomic mass is 9.94. The van der Waals surface area contributed by atoms with Crippen molar-refractivity contribution in [2.45, 2.75) is 39.7 Å². The second-order valence-corrected chi connectivity index (χ2v) is 5.21. The molecule has 1 N–H and O–H groups in total. The fraction of sp³-hybridized carbons (Fsp3) is 0.471. The first kappa shape index (κ1) is 14.8. The molecular weight excluding hydrogens is 246 g/mol. The third kappa shape index (κ3) is 3.70. The maximum absolute atomic E-state index is 4.55. The molecule has 0 fully saturated rings. The van der Waals surface area contributed by atoms with E-state index in [-0.39, 0.29) is 0 Å². The van der Waals surface area contributed by atoms with Gasteiger partial charge in [0.15, 0.2) is 0 Å². The summed E-state index contributed by atoms with van der Waals surface area (Å²) in [7, 11) is 0. The van der Waals surface area contributed by atoms with Gasteiger partial charge in [-0.05, 0) is 38.4 Å². The average molecular weight is 271 g/mol. The molecule has 1 aromatic heterocycles. The predicted molar refractivity (Wildman–Crippen MR) is 84.1 cm³/mol. The van der Waals surface area contributed by atoms with E-state index in [1.165, 1.54) is 11.3 Å². The molecular formula is C17H25N3. The van der Waals surface area contributed by atoms with Crippen molar-refractivity contribution >= 4 is 0 Å². The second kappa shape index (κ2) is 7.25. The van der Waals surface area contributed by atoms with Gasteiger partial charge in [-0.15, -0.1) is 0 Å². The van der Waals surface area contributed by atoms with Crippen LogP contribution in [0.5, 0.6) is 0 Å². The molecule has 108 valence electrons. The van der Waals surface area contributed by atoms with Crippen LogP contribution in [0.4, 0.5) is 0 Å². The molecule has 0 radical (unpaired) electrons. The van der Waals surface area contributed by atoms with Crippen molar-refractivity contribution in [3.05, 3.63) is 53.3 Å². The first-order chi connectivity index (χ1) is 9.74. The molecule has 0 spiro atoms. The van der Waals surface area contributed by atoms with Gasteiger partial charge < -0.3 is 5.32 Å². The maximum atomic E-state index is 4.55. The van der Waals surface area contributed by atoms with Crippen LogP contribution in [0.15, 0.2) is 36.4 Å². The first-order valence-electron chi connectivity index (χ1n) is 7.53. The summed E-state index contributed by atoms with van der Waals surface area (Å²) in [6.07, 6.45) is 1.03. The number of aryl methyl sites for hydroxylation is 2. The molecule has 0 bridgehead atoms. The van der Waals surface area contributed by atoms with E-state index in [1.54, 1.807) is 0 Å². The normalized spacial score (nSPS) is 12.6. The zero-order chi connectivity index (χ0) is 14.4. The van der Waals surface area contributed by atoms with Crippen LogP contribution in [0.25, 0.3) is 0 Å². The molecule has 1 heterocycles. The van der Waals surface area contributed by atoms with Crippen LogP contribution in [0.2, 0.25) is 0 Å². The lowest BCUT2D eigenvalue weighted by Gasteiger charge is -2.18. The summed E-state index contributed by atoms with van der Waals surface area (Å²) in [4.78, 5) is 0. The third-order valence-electron chi connectivity index (χ3n) is 3.65. The third-order valence-corrected chi connectivity index (χ3v) is 3.65. The van der Waals surface area contributed by atoms with Crippen molar-refractivity contribution < 1.29 is 0 Å². The van der Waals surface area contributed by atoms with Gasteiger partial charge in [-0.3, -0.25) is 4.68 Å². The van der Waals surface area contributed by atoms with Crippen LogP contribution in [0.3, 0.4) is 0 Å². The molecule has 0 aliphatic heterocycles. The van der Waals surface area contributed by atoms with Crippen LogP contribution in [-0.2, 0) is 13.0 Å². The summed E-state index contributed by atoms with van der Waals surface area (Å²) in [5.41, 5.74) is 3.84. The molecule has 2 aromatic rings. The lowest BCUT2D eigenvalue weighted by molar-refractivity contribution is 0.551. The Balaban J connectivity index is 2.19. The van der Waals surface area contributed by atoms with Gasteiger partial charge in [-0.25, -0.2) is 0 Å². The quantitative estimate of drug-likeness (QED) is 0.838. The molecule has 2 rings (SSSR count). The Labute approximate surface area is 122 Å². The average Bonchev–Trinajstić information content (AvgIpc) is 2.84. The number of benzene rings is 1. The number of nitrogens with zero attached hydrogens (tertiary/aromatic N) is 2. The minimum absolute atomic E-state index is 0.498. The van der Waals surface area contributed by atoms with Gasteiger partial charge >= 0.3 is 0 Å². The Morgan fingerprint density at radius 1 is 1.20 bits per heavy atom. The number of hydrogen-bond acceptors (Lipinski definition) is 2. The minimum atomic E-state index is 0.498. The summed E-state index contributed by atoms with van der Waals surface area (Å²) < 4.78 is 2.12. The minimum Gasteiger partial charge on any atom is -0.316 e. The van der Waals surface area contributed by atoms with Crippen molar-refractivity contribution in [2.75, 3.05) is 13.1 Å². The lowest BCUT2D eigenvalue weighted by Crippen LogP contribution is -2.23. The summed E-state index contributed by atoms with van der Waals surface area (Å²) in [5, 5.41) is 8.03. The summed E-state index contributed by atoms with van der Waals surface area (Å²) in [6.45, 7) is 9.33. The van der Waals surface area contributed by atoms with Crippen LogP contribution in [-0.4, -0.2) is 22.9 Å². The van der Waals surface area contributed by atoms with E-state index in [0.29, 0.717) is 5.92 Å². The highest BCUT2D eigenvalue weighted by atomic mass is 15.3. The Morgan fingerprint density at radius 3 is 2.60 bits per heavy atom. The molecule has 1 unspecified atom stereocenters. The Hall–Kier alpha value is -1.61. The van der Waals surface area contributed by atoms with E-state index in [2.05, 4.69) is 72.3 Å². The van der Waals surface area contributed by atoms with Crippen LogP contribution >= 0.6 is 0 Å². The highest BCUT2D eigenvalue weighted by Crippen LogP contribution is 2.21. The predicted octanol–water partition coefficient (Wildman–Crippen LogP) is 3.15. The van der Waals surface area contributed by atoms with Gasteiger partial charge in [0.2, 0.25) is 0 Å². The van der Waals surface area contributed by atoms with Crippen molar-refractivity contribution in [1.82, 2.24) is 15.1 Å². The number of rotatable bonds is 7. The van der Waals surface area contributed by atoms with Crippen LogP contribution < -0.4 is 5.32 Å². The highest BCUT2D eigenvalue weighted by molar-refractivity contribution is 5.23. The molecule has 0 saturated heterocycles. The van der Waals surface area contributed by atoms with Gasteiger partial charge in [0.25, 0.3) is 0 Å². The Morgan fingerprint density at radius 2 is 1.95 bits per heavy atom.